The number of carbonyl (C=O) groups is 1. The summed E-state index contributed by atoms with van der Waals surface area (Å²) < 4.78 is 10.6. The summed E-state index contributed by atoms with van der Waals surface area (Å²) in [4.78, 5) is 16.8. The van der Waals surface area contributed by atoms with Crippen molar-refractivity contribution in [1.82, 2.24) is 15.0 Å². The van der Waals surface area contributed by atoms with E-state index in [1.165, 1.54) is 0 Å². The standard InChI is InChI=1S/C14H21N3O3/c1-19-12-8-13(14(18)16-6-2-3-7-16)17(10-12)9-11-4-5-15-20-11/h4-5,12-13H,2-3,6-10H2,1H3/t12-,13-/m0/s1. The predicted octanol–water partition coefficient (Wildman–Crippen LogP) is 0.886. The fraction of sp³-hybridized carbons (Fsp3) is 0.714. The number of rotatable bonds is 4. The molecule has 0 saturated carbocycles. The fourth-order valence-electron chi connectivity index (χ4n) is 3.14. The zero-order valence-electron chi connectivity index (χ0n) is 11.8. The number of methoxy groups -OCH3 is 1. The van der Waals surface area contributed by atoms with Gasteiger partial charge < -0.3 is 14.2 Å². The number of hydrogen-bond donors (Lipinski definition) is 0. The number of hydrogen-bond acceptors (Lipinski definition) is 5. The van der Waals surface area contributed by atoms with Crippen LogP contribution in [0.3, 0.4) is 0 Å². The zero-order chi connectivity index (χ0) is 13.9. The number of ether oxygens (including phenoxy) is 1. The minimum absolute atomic E-state index is 0.0943. The highest BCUT2D eigenvalue weighted by Crippen LogP contribution is 2.25. The maximum absolute atomic E-state index is 12.6. The lowest BCUT2D eigenvalue weighted by Gasteiger charge is -2.26. The summed E-state index contributed by atoms with van der Waals surface area (Å²) in [5.41, 5.74) is 0. The maximum Gasteiger partial charge on any atom is 0.240 e. The highest BCUT2D eigenvalue weighted by Gasteiger charge is 2.39. The summed E-state index contributed by atoms with van der Waals surface area (Å²) >= 11 is 0. The second-order valence-corrected chi connectivity index (χ2v) is 5.55. The smallest absolute Gasteiger partial charge is 0.240 e. The monoisotopic (exact) mass is 279 g/mol. The molecule has 6 heteroatoms. The maximum atomic E-state index is 12.6. The van der Waals surface area contributed by atoms with Gasteiger partial charge in [-0.1, -0.05) is 5.16 Å². The van der Waals surface area contributed by atoms with Crippen molar-refractivity contribution < 1.29 is 14.1 Å². The van der Waals surface area contributed by atoms with Crippen LogP contribution in [0.2, 0.25) is 0 Å². The summed E-state index contributed by atoms with van der Waals surface area (Å²) in [6.07, 6.45) is 4.76. The quantitative estimate of drug-likeness (QED) is 0.819. The van der Waals surface area contributed by atoms with E-state index in [-0.39, 0.29) is 18.1 Å². The van der Waals surface area contributed by atoms with Crippen LogP contribution in [0.25, 0.3) is 0 Å². The van der Waals surface area contributed by atoms with E-state index in [4.69, 9.17) is 9.26 Å². The van der Waals surface area contributed by atoms with Crippen LogP contribution < -0.4 is 0 Å². The molecule has 0 radical (unpaired) electrons. The van der Waals surface area contributed by atoms with Gasteiger partial charge in [-0.15, -0.1) is 0 Å². The van der Waals surface area contributed by atoms with Crippen molar-refractivity contribution in [2.45, 2.75) is 38.0 Å². The lowest BCUT2D eigenvalue weighted by atomic mass is 10.1. The molecule has 2 atom stereocenters. The van der Waals surface area contributed by atoms with Gasteiger partial charge >= 0.3 is 0 Å². The molecule has 1 aromatic rings. The fourth-order valence-corrected chi connectivity index (χ4v) is 3.14. The summed E-state index contributed by atoms with van der Waals surface area (Å²) in [6, 6.07) is 1.75. The third kappa shape index (κ3) is 2.71. The van der Waals surface area contributed by atoms with Crippen LogP contribution in [0.15, 0.2) is 16.8 Å². The van der Waals surface area contributed by atoms with E-state index in [1.807, 2.05) is 11.0 Å². The Hall–Kier alpha value is -1.40. The average Bonchev–Trinajstić information content (AvgIpc) is 3.20. The predicted molar refractivity (Wildman–Crippen MR) is 71.9 cm³/mol. The van der Waals surface area contributed by atoms with Crippen LogP contribution in [-0.4, -0.2) is 59.8 Å². The van der Waals surface area contributed by atoms with E-state index >= 15 is 0 Å². The summed E-state index contributed by atoms with van der Waals surface area (Å²) in [6.45, 7) is 3.16. The first-order valence-corrected chi connectivity index (χ1v) is 7.23. The van der Waals surface area contributed by atoms with Crippen molar-refractivity contribution in [3.05, 3.63) is 18.0 Å². The molecule has 3 rings (SSSR count). The molecule has 1 amide bonds. The first-order valence-electron chi connectivity index (χ1n) is 7.23. The minimum atomic E-state index is -0.0943. The molecule has 2 aliphatic heterocycles. The molecule has 2 aliphatic rings. The number of aromatic nitrogens is 1. The molecular formula is C14H21N3O3. The van der Waals surface area contributed by atoms with E-state index in [2.05, 4.69) is 10.1 Å². The molecule has 0 N–H and O–H groups in total. The van der Waals surface area contributed by atoms with E-state index in [1.54, 1.807) is 13.3 Å². The van der Waals surface area contributed by atoms with Gasteiger partial charge in [-0.05, 0) is 19.3 Å². The number of carbonyl (C=O) groups excluding carboxylic acids is 1. The third-order valence-corrected chi connectivity index (χ3v) is 4.25. The molecule has 6 nitrogen and oxygen atoms in total. The largest absolute Gasteiger partial charge is 0.380 e. The Labute approximate surface area is 118 Å². The van der Waals surface area contributed by atoms with Crippen LogP contribution in [0, 0.1) is 0 Å². The van der Waals surface area contributed by atoms with Crippen LogP contribution in [0.1, 0.15) is 25.0 Å². The summed E-state index contributed by atoms with van der Waals surface area (Å²) in [7, 11) is 1.71. The average molecular weight is 279 g/mol. The molecule has 2 saturated heterocycles. The lowest BCUT2D eigenvalue weighted by Crippen LogP contribution is -2.44. The van der Waals surface area contributed by atoms with Gasteiger partial charge in [-0.2, -0.15) is 0 Å². The molecule has 1 aromatic heterocycles. The van der Waals surface area contributed by atoms with Crippen LogP contribution >= 0.6 is 0 Å². The second kappa shape index (κ2) is 5.93. The van der Waals surface area contributed by atoms with E-state index in [0.717, 1.165) is 44.7 Å². The molecule has 0 unspecified atom stereocenters. The topological polar surface area (TPSA) is 58.8 Å². The Morgan fingerprint density at radius 3 is 2.95 bits per heavy atom. The summed E-state index contributed by atoms with van der Waals surface area (Å²) in [5.74, 6) is 1.03. The Balaban J connectivity index is 1.70. The zero-order valence-corrected chi connectivity index (χ0v) is 11.8. The number of amides is 1. The van der Waals surface area contributed by atoms with E-state index < -0.39 is 0 Å². The normalized spacial score (nSPS) is 27.4. The summed E-state index contributed by atoms with van der Waals surface area (Å²) in [5, 5.41) is 3.72. The molecule has 0 spiro atoms. The molecular weight excluding hydrogens is 258 g/mol. The Bertz CT molecular complexity index is 443. The van der Waals surface area contributed by atoms with Crippen molar-refractivity contribution in [2.75, 3.05) is 26.7 Å². The van der Waals surface area contributed by atoms with E-state index in [9.17, 15) is 4.79 Å². The van der Waals surface area contributed by atoms with Gasteiger partial charge in [0.05, 0.1) is 24.9 Å². The Morgan fingerprint density at radius 1 is 1.50 bits per heavy atom. The van der Waals surface area contributed by atoms with Crippen molar-refractivity contribution in [3.8, 4) is 0 Å². The van der Waals surface area contributed by atoms with Crippen LogP contribution in [0.5, 0.6) is 0 Å². The van der Waals surface area contributed by atoms with Gasteiger partial charge in [0.1, 0.15) is 0 Å². The second-order valence-electron chi connectivity index (χ2n) is 5.55. The minimum Gasteiger partial charge on any atom is -0.380 e. The van der Waals surface area contributed by atoms with Crippen molar-refractivity contribution >= 4 is 5.91 Å². The molecule has 0 aromatic carbocycles. The Kier molecular flexibility index (Phi) is 4.03. The van der Waals surface area contributed by atoms with Crippen molar-refractivity contribution in [2.24, 2.45) is 0 Å². The number of likely N-dealkylation sites (tertiary alicyclic amines) is 2. The molecule has 110 valence electrons. The van der Waals surface area contributed by atoms with Gasteiger partial charge in [0.15, 0.2) is 5.76 Å². The third-order valence-electron chi connectivity index (χ3n) is 4.25. The molecule has 0 bridgehead atoms. The molecule has 2 fully saturated rings. The highest BCUT2D eigenvalue weighted by molar-refractivity contribution is 5.82. The SMILES string of the molecule is CO[C@H]1C[C@@H](C(=O)N2CCCC2)N(Cc2ccno2)C1. The molecule has 20 heavy (non-hydrogen) atoms. The van der Waals surface area contributed by atoms with Crippen molar-refractivity contribution in [1.29, 1.82) is 0 Å². The highest BCUT2D eigenvalue weighted by atomic mass is 16.5. The van der Waals surface area contributed by atoms with Gasteiger partial charge in [0, 0.05) is 32.8 Å². The van der Waals surface area contributed by atoms with Gasteiger partial charge in [0.2, 0.25) is 5.91 Å². The van der Waals surface area contributed by atoms with Gasteiger partial charge in [-0.3, -0.25) is 9.69 Å². The van der Waals surface area contributed by atoms with Crippen LogP contribution in [0.4, 0.5) is 0 Å². The number of nitrogens with zero attached hydrogens (tertiary/aromatic N) is 3. The first-order chi connectivity index (χ1) is 9.78. The van der Waals surface area contributed by atoms with Crippen molar-refractivity contribution in [3.63, 3.8) is 0 Å². The van der Waals surface area contributed by atoms with E-state index in [0.29, 0.717) is 6.54 Å². The molecule has 0 aliphatic carbocycles. The lowest BCUT2D eigenvalue weighted by molar-refractivity contribution is -0.135. The van der Waals surface area contributed by atoms with Gasteiger partial charge in [-0.25, -0.2) is 0 Å². The molecule has 3 heterocycles. The van der Waals surface area contributed by atoms with Crippen LogP contribution in [-0.2, 0) is 16.1 Å². The first kappa shape index (κ1) is 13.6. The Morgan fingerprint density at radius 2 is 2.30 bits per heavy atom. The van der Waals surface area contributed by atoms with Gasteiger partial charge in [0.25, 0.3) is 0 Å².